The first-order valence-corrected chi connectivity index (χ1v) is 3.81. The van der Waals surface area contributed by atoms with Crippen LogP contribution < -0.4 is 5.32 Å². The second-order valence-electron chi connectivity index (χ2n) is 2.45. The lowest BCUT2D eigenvalue weighted by Gasteiger charge is -2.01. The van der Waals surface area contributed by atoms with Gasteiger partial charge in [0.05, 0.1) is 11.9 Å². The third-order valence-corrected chi connectivity index (χ3v) is 1.34. The van der Waals surface area contributed by atoms with Crippen molar-refractivity contribution >= 4 is 11.7 Å². The molecule has 4 nitrogen and oxygen atoms in total. The predicted molar refractivity (Wildman–Crippen MR) is 45.7 cm³/mol. The van der Waals surface area contributed by atoms with E-state index in [9.17, 15) is 4.79 Å². The van der Waals surface area contributed by atoms with Crippen molar-refractivity contribution in [3.8, 4) is 0 Å². The number of aromatic nitrogens is 2. The Bertz CT molecular complexity index is 285. The van der Waals surface area contributed by atoms with E-state index >= 15 is 0 Å². The lowest BCUT2D eigenvalue weighted by Crippen LogP contribution is -2.11. The van der Waals surface area contributed by atoms with Gasteiger partial charge in [-0.05, 0) is 6.92 Å². The van der Waals surface area contributed by atoms with E-state index in [2.05, 4.69) is 15.3 Å². The van der Waals surface area contributed by atoms with Crippen LogP contribution in [0, 0.1) is 6.92 Å². The Kier molecular flexibility index (Phi) is 2.74. The van der Waals surface area contributed by atoms with Gasteiger partial charge in [-0.25, -0.2) is 4.98 Å². The molecule has 0 aromatic carbocycles. The van der Waals surface area contributed by atoms with Crippen molar-refractivity contribution in [2.75, 3.05) is 5.32 Å². The van der Waals surface area contributed by atoms with Crippen molar-refractivity contribution in [1.82, 2.24) is 9.97 Å². The van der Waals surface area contributed by atoms with Gasteiger partial charge < -0.3 is 5.32 Å². The predicted octanol–water partition coefficient (Wildman–Crippen LogP) is 1.13. The van der Waals surface area contributed by atoms with Crippen molar-refractivity contribution in [2.45, 2.75) is 20.3 Å². The molecule has 0 unspecified atom stereocenters. The molecule has 0 spiro atoms. The summed E-state index contributed by atoms with van der Waals surface area (Å²) >= 11 is 0. The lowest BCUT2D eigenvalue weighted by atomic mass is 10.4. The Balaban J connectivity index is 2.69. The van der Waals surface area contributed by atoms with Gasteiger partial charge in [-0.15, -0.1) is 0 Å². The smallest absolute Gasteiger partial charge is 0.225 e. The molecular formula is C8H11N3O. The van der Waals surface area contributed by atoms with Crippen LogP contribution in [0.25, 0.3) is 0 Å². The fourth-order valence-electron chi connectivity index (χ4n) is 0.755. The number of carbonyl (C=O) groups excluding carboxylic acids is 1. The summed E-state index contributed by atoms with van der Waals surface area (Å²) in [6, 6.07) is 0. The summed E-state index contributed by atoms with van der Waals surface area (Å²) in [5.74, 6) is 0.469. The Morgan fingerprint density at radius 2 is 2.33 bits per heavy atom. The molecule has 4 heteroatoms. The summed E-state index contributed by atoms with van der Waals surface area (Å²) in [7, 11) is 0. The number of amides is 1. The Morgan fingerprint density at radius 3 is 2.92 bits per heavy atom. The van der Waals surface area contributed by atoms with Crippen molar-refractivity contribution in [2.24, 2.45) is 0 Å². The zero-order valence-electron chi connectivity index (χ0n) is 7.16. The monoisotopic (exact) mass is 165 g/mol. The zero-order valence-corrected chi connectivity index (χ0v) is 7.16. The first kappa shape index (κ1) is 8.64. The van der Waals surface area contributed by atoms with Crippen LogP contribution in [-0.4, -0.2) is 15.9 Å². The zero-order chi connectivity index (χ0) is 8.97. The molecule has 1 rings (SSSR count). The van der Waals surface area contributed by atoms with Gasteiger partial charge in [0.1, 0.15) is 0 Å². The average molecular weight is 165 g/mol. The summed E-state index contributed by atoms with van der Waals surface area (Å²) in [6.07, 6.45) is 3.62. The van der Waals surface area contributed by atoms with Crippen LogP contribution in [-0.2, 0) is 4.79 Å². The molecule has 0 atom stereocenters. The molecule has 0 fully saturated rings. The van der Waals surface area contributed by atoms with Gasteiger partial charge in [-0.3, -0.25) is 9.78 Å². The lowest BCUT2D eigenvalue weighted by molar-refractivity contribution is -0.115. The van der Waals surface area contributed by atoms with Crippen molar-refractivity contribution < 1.29 is 4.79 Å². The first-order chi connectivity index (χ1) is 5.72. The molecule has 1 aromatic heterocycles. The number of nitrogens with one attached hydrogen (secondary N) is 1. The van der Waals surface area contributed by atoms with Crippen LogP contribution in [0.15, 0.2) is 12.4 Å². The van der Waals surface area contributed by atoms with Gasteiger partial charge in [0.15, 0.2) is 5.82 Å². The fraction of sp³-hybridized carbons (Fsp3) is 0.375. The average Bonchev–Trinajstić information content (AvgIpc) is 2.04. The van der Waals surface area contributed by atoms with Crippen LogP contribution in [0.5, 0.6) is 0 Å². The van der Waals surface area contributed by atoms with Crippen LogP contribution in [0.1, 0.15) is 19.0 Å². The van der Waals surface area contributed by atoms with Gasteiger partial charge in [0.2, 0.25) is 5.91 Å². The molecule has 1 aromatic rings. The van der Waals surface area contributed by atoms with E-state index in [0.717, 1.165) is 5.69 Å². The van der Waals surface area contributed by atoms with Crippen LogP contribution in [0.4, 0.5) is 5.82 Å². The highest BCUT2D eigenvalue weighted by Gasteiger charge is 1.99. The van der Waals surface area contributed by atoms with E-state index in [1.807, 2.05) is 6.92 Å². The Labute approximate surface area is 71.0 Å². The number of hydrogen-bond acceptors (Lipinski definition) is 3. The Morgan fingerprint density at radius 1 is 1.58 bits per heavy atom. The van der Waals surface area contributed by atoms with E-state index in [0.29, 0.717) is 12.2 Å². The quantitative estimate of drug-likeness (QED) is 0.714. The van der Waals surface area contributed by atoms with Crippen LogP contribution >= 0.6 is 0 Å². The molecule has 64 valence electrons. The van der Waals surface area contributed by atoms with E-state index in [1.54, 1.807) is 13.1 Å². The first-order valence-electron chi connectivity index (χ1n) is 3.81. The third-order valence-electron chi connectivity index (χ3n) is 1.34. The maximum absolute atomic E-state index is 10.9. The van der Waals surface area contributed by atoms with Gasteiger partial charge in [0.25, 0.3) is 0 Å². The summed E-state index contributed by atoms with van der Waals surface area (Å²) < 4.78 is 0. The molecule has 0 aliphatic carbocycles. The largest absolute Gasteiger partial charge is 0.309 e. The standard InChI is InChI=1S/C8H11N3O/c1-3-8(12)11-7-5-9-4-6(2)10-7/h4-5H,3H2,1-2H3,(H,10,11,12). The van der Waals surface area contributed by atoms with E-state index < -0.39 is 0 Å². The van der Waals surface area contributed by atoms with Crippen molar-refractivity contribution in [1.29, 1.82) is 0 Å². The minimum Gasteiger partial charge on any atom is -0.309 e. The number of hydrogen-bond donors (Lipinski definition) is 1. The van der Waals surface area contributed by atoms with E-state index in [-0.39, 0.29) is 5.91 Å². The SMILES string of the molecule is CCC(=O)Nc1cncc(C)n1. The second-order valence-corrected chi connectivity index (χ2v) is 2.45. The minimum absolute atomic E-state index is 0.0464. The number of anilines is 1. The number of carbonyl (C=O) groups is 1. The summed E-state index contributed by atoms with van der Waals surface area (Å²) in [5.41, 5.74) is 0.795. The van der Waals surface area contributed by atoms with Gasteiger partial charge in [-0.1, -0.05) is 6.92 Å². The minimum atomic E-state index is -0.0464. The summed E-state index contributed by atoms with van der Waals surface area (Å²) in [4.78, 5) is 18.9. The second kappa shape index (κ2) is 3.80. The number of aryl methyl sites for hydroxylation is 1. The normalized spacial score (nSPS) is 9.50. The van der Waals surface area contributed by atoms with Gasteiger partial charge >= 0.3 is 0 Å². The van der Waals surface area contributed by atoms with E-state index in [1.165, 1.54) is 6.20 Å². The third kappa shape index (κ3) is 2.30. The summed E-state index contributed by atoms with van der Waals surface area (Å²) in [6.45, 7) is 3.62. The number of rotatable bonds is 2. The molecule has 12 heavy (non-hydrogen) atoms. The van der Waals surface area contributed by atoms with Gasteiger partial charge in [0, 0.05) is 12.6 Å². The van der Waals surface area contributed by atoms with E-state index in [4.69, 9.17) is 0 Å². The van der Waals surface area contributed by atoms with Crippen LogP contribution in [0.2, 0.25) is 0 Å². The maximum atomic E-state index is 10.9. The molecule has 0 bridgehead atoms. The van der Waals surface area contributed by atoms with Crippen molar-refractivity contribution in [3.05, 3.63) is 18.1 Å². The topological polar surface area (TPSA) is 54.9 Å². The fourth-order valence-corrected chi connectivity index (χ4v) is 0.755. The highest BCUT2D eigenvalue weighted by atomic mass is 16.1. The molecule has 0 saturated carbocycles. The molecular weight excluding hydrogens is 154 g/mol. The number of nitrogens with zero attached hydrogens (tertiary/aromatic N) is 2. The van der Waals surface area contributed by atoms with Gasteiger partial charge in [-0.2, -0.15) is 0 Å². The summed E-state index contributed by atoms with van der Waals surface area (Å²) in [5, 5.41) is 2.62. The molecule has 0 saturated heterocycles. The molecule has 0 aliphatic rings. The highest BCUT2D eigenvalue weighted by molar-refractivity contribution is 5.89. The molecule has 0 radical (unpaired) electrons. The Hall–Kier alpha value is -1.45. The van der Waals surface area contributed by atoms with Crippen molar-refractivity contribution in [3.63, 3.8) is 0 Å². The molecule has 0 aliphatic heterocycles. The molecule has 1 heterocycles. The molecule has 1 N–H and O–H groups in total. The highest BCUT2D eigenvalue weighted by Crippen LogP contribution is 2.00. The van der Waals surface area contributed by atoms with Crippen LogP contribution in [0.3, 0.4) is 0 Å². The molecule has 1 amide bonds. The maximum Gasteiger partial charge on any atom is 0.225 e.